The van der Waals surface area contributed by atoms with Gasteiger partial charge in [0, 0.05) is 19.3 Å². The molecule has 0 aliphatic rings. The van der Waals surface area contributed by atoms with Gasteiger partial charge < -0.3 is 0 Å². The quantitative estimate of drug-likeness (QED) is 0.425. The lowest BCUT2D eigenvalue weighted by Crippen LogP contribution is -2.28. The van der Waals surface area contributed by atoms with Crippen LogP contribution >= 0.6 is 11.8 Å². The number of nitrogens with zero attached hydrogens (tertiary/aromatic N) is 1. The third-order valence-corrected chi connectivity index (χ3v) is 1.24. The summed E-state index contributed by atoms with van der Waals surface area (Å²) < 4.78 is 0. The van der Waals surface area contributed by atoms with Gasteiger partial charge in [0.05, 0.1) is 0 Å². The van der Waals surface area contributed by atoms with Crippen molar-refractivity contribution in [1.29, 1.82) is 0 Å². The van der Waals surface area contributed by atoms with E-state index in [4.69, 9.17) is 5.84 Å². The number of hydrogen-bond acceptors (Lipinski definition) is 3. The van der Waals surface area contributed by atoms with Crippen LogP contribution in [0.4, 0.5) is 0 Å². The van der Waals surface area contributed by atoms with Crippen molar-refractivity contribution in [3.8, 4) is 0 Å². The van der Waals surface area contributed by atoms with Gasteiger partial charge in [-0.05, 0) is 6.26 Å². The Labute approximate surface area is 49.0 Å². The van der Waals surface area contributed by atoms with Crippen molar-refractivity contribution < 1.29 is 0 Å². The van der Waals surface area contributed by atoms with Gasteiger partial charge in [0.15, 0.2) is 0 Å². The molecule has 0 aromatic rings. The van der Waals surface area contributed by atoms with Crippen molar-refractivity contribution in [3.63, 3.8) is 0 Å². The van der Waals surface area contributed by atoms with Crippen LogP contribution in [0.5, 0.6) is 0 Å². The molecule has 0 saturated heterocycles. The molecule has 0 atom stereocenters. The zero-order chi connectivity index (χ0) is 5.70. The van der Waals surface area contributed by atoms with Crippen molar-refractivity contribution in [3.05, 3.63) is 0 Å². The molecule has 0 unspecified atom stereocenters. The monoisotopic (exact) mass is 120 g/mol. The van der Waals surface area contributed by atoms with E-state index in [9.17, 15) is 0 Å². The maximum Gasteiger partial charge on any atom is 0.0216 e. The molecule has 0 saturated carbocycles. The molecular weight excluding hydrogens is 108 g/mol. The van der Waals surface area contributed by atoms with Crippen LogP contribution in [0.3, 0.4) is 0 Å². The van der Waals surface area contributed by atoms with E-state index in [2.05, 4.69) is 6.26 Å². The summed E-state index contributed by atoms with van der Waals surface area (Å²) >= 11 is 1.81. The average molecular weight is 120 g/mol. The molecule has 0 bridgehead atoms. The highest BCUT2D eigenvalue weighted by molar-refractivity contribution is 7.98. The lowest BCUT2D eigenvalue weighted by Gasteiger charge is -2.05. The van der Waals surface area contributed by atoms with Crippen LogP contribution in [-0.4, -0.2) is 30.6 Å². The minimum absolute atomic E-state index is 0.973. The molecule has 0 fully saturated rings. The molecule has 7 heavy (non-hydrogen) atoms. The van der Waals surface area contributed by atoms with E-state index in [0.29, 0.717) is 0 Å². The van der Waals surface area contributed by atoms with Crippen LogP contribution in [0.15, 0.2) is 0 Å². The molecule has 0 heterocycles. The Kier molecular flexibility index (Phi) is 4.60. The first-order valence-corrected chi connectivity index (χ1v) is 3.61. The summed E-state index contributed by atoms with van der Waals surface area (Å²) in [6.07, 6.45) is 2.07. The summed E-state index contributed by atoms with van der Waals surface area (Å²) in [6, 6.07) is 0. The van der Waals surface area contributed by atoms with Crippen LogP contribution < -0.4 is 5.84 Å². The Morgan fingerprint density at radius 3 is 2.43 bits per heavy atom. The van der Waals surface area contributed by atoms with E-state index >= 15 is 0 Å². The van der Waals surface area contributed by atoms with Crippen LogP contribution in [0.2, 0.25) is 0 Å². The van der Waals surface area contributed by atoms with Crippen molar-refractivity contribution in [2.24, 2.45) is 5.84 Å². The number of thioether (sulfide) groups is 1. The first-order valence-electron chi connectivity index (χ1n) is 2.22. The van der Waals surface area contributed by atoms with Crippen molar-refractivity contribution in [2.75, 3.05) is 25.6 Å². The Balaban J connectivity index is 2.68. The summed E-state index contributed by atoms with van der Waals surface area (Å²) in [5, 5.41) is 1.69. The van der Waals surface area contributed by atoms with Crippen LogP contribution in [-0.2, 0) is 0 Å². The second-order valence-corrected chi connectivity index (χ2v) is 2.46. The smallest absolute Gasteiger partial charge is 0.0216 e. The molecule has 0 amide bonds. The van der Waals surface area contributed by atoms with E-state index in [1.807, 2.05) is 18.8 Å². The standard InChI is InChI=1S/C4H12N2S/c1-6(5)3-4-7-2/h3-5H2,1-2H3. The summed E-state index contributed by atoms with van der Waals surface area (Å²) in [7, 11) is 1.87. The molecule has 2 N–H and O–H groups in total. The maximum absolute atomic E-state index is 5.30. The fourth-order valence-electron chi connectivity index (χ4n) is 0.235. The molecule has 2 nitrogen and oxygen atoms in total. The highest BCUT2D eigenvalue weighted by atomic mass is 32.2. The lowest BCUT2D eigenvalue weighted by atomic mass is 10.7. The van der Waals surface area contributed by atoms with Gasteiger partial charge in [0.2, 0.25) is 0 Å². The average Bonchev–Trinajstić information content (AvgIpc) is 1.61. The molecule has 44 valence electrons. The minimum atomic E-state index is 0.973. The number of hydrazine groups is 1. The Hall–Kier alpha value is 0.270. The topological polar surface area (TPSA) is 29.3 Å². The fourth-order valence-corrected chi connectivity index (χ4v) is 0.706. The maximum atomic E-state index is 5.30. The molecule has 0 aromatic carbocycles. The third-order valence-electron chi connectivity index (χ3n) is 0.648. The second-order valence-electron chi connectivity index (χ2n) is 1.47. The molecule has 0 rings (SSSR count). The molecule has 0 aliphatic heterocycles. The summed E-state index contributed by atoms with van der Waals surface area (Å²) in [5.74, 6) is 6.42. The van der Waals surface area contributed by atoms with E-state index in [0.717, 1.165) is 12.3 Å². The van der Waals surface area contributed by atoms with E-state index in [-0.39, 0.29) is 0 Å². The van der Waals surface area contributed by atoms with Gasteiger partial charge in [-0.25, -0.2) is 5.01 Å². The van der Waals surface area contributed by atoms with Gasteiger partial charge in [-0.15, -0.1) is 0 Å². The van der Waals surface area contributed by atoms with Crippen molar-refractivity contribution >= 4 is 11.8 Å². The van der Waals surface area contributed by atoms with Gasteiger partial charge >= 0.3 is 0 Å². The zero-order valence-corrected chi connectivity index (χ0v) is 5.66. The van der Waals surface area contributed by atoms with Crippen LogP contribution in [0.1, 0.15) is 0 Å². The highest BCUT2D eigenvalue weighted by Crippen LogP contribution is 1.88. The fraction of sp³-hybridized carbons (Fsp3) is 1.00. The zero-order valence-electron chi connectivity index (χ0n) is 4.85. The molecule has 0 spiro atoms. The normalized spacial score (nSPS) is 10.3. The molecule has 0 radical (unpaired) electrons. The predicted molar refractivity (Wildman–Crippen MR) is 35.2 cm³/mol. The third kappa shape index (κ3) is 6.27. The minimum Gasteiger partial charge on any atom is -0.269 e. The molecule has 0 aromatic heterocycles. The van der Waals surface area contributed by atoms with Gasteiger partial charge in [-0.2, -0.15) is 11.8 Å². The van der Waals surface area contributed by atoms with Gasteiger partial charge in [0.1, 0.15) is 0 Å². The first kappa shape index (κ1) is 7.27. The summed E-state index contributed by atoms with van der Waals surface area (Å²) in [5.41, 5.74) is 0. The molecule has 0 aliphatic carbocycles. The van der Waals surface area contributed by atoms with E-state index < -0.39 is 0 Å². The van der Waals surface area contributed by atoms with E-state index in [1.54, 1.807) is 5.01 Å². The van der Waals surface area contributed by atoms with Crippen molar-refractivity contribution in [1.82, 2.24) is 5.01 Å². The Bertz CT molecular complexity index is 38.7. The number of rotatable bonds is 3. The number of nitrogens with two attached hydrogens (primary N) is 1. The molecule has 3 heteroatoms. The molecular formula is C4H12N2S. The highest BCUT2D eigenvalue weighted by Gasteiger charge is 1.84. The lowest BCUT2D eigenvalue weighted by molar-refractivity contribution is 0.373. The number of hydrogen-bond donors (Lipinski definition) is 1. The Morgan fingerprint density at radius 2 is 2.29 bits per heavy atom. The predicted octanol–water partition coefficient (Wildman–Crippen LogP) is 0.155. The van der Waals surface area contributed by atoms with Gasteiger partial charge in [0.25, 0.3) is 0 Å². The van der Waals surface area contributed by atoms with Crippen LogP contribution in [0.25, 0.3) is 0 Å². The van der Waals surface area contributed by atoms with Gasteiger partial charge in [-0.3, -0.25) is 5.84 Å². The van der Waals surface area contributed by atoms with Crippen LogP contribution in [0, 0.1) is 0 Å². The summed E-state index contributed by atoms with van der Waals surface area (Å²) in [4.78, 5) is 0. The largest absolute Gasteiger partial charge is 0.269 e. The second kappa shape index (κ2) is 4.43. The SMILES string of the molecule is CSCCN(C)N. The Morgan fingerprint density at radius 1 is 1.71 bits per heavy atom. The first-order chi connectivity index (χ1) is 3.27. The van der Waals surface area contributed by atoms with E-state index in [1.165, 1.54) is 0 Å². The van der Waals surface area contributed by atoms with Gasteiger partial charge in [-0.1, -0.05) is 0 Å². The summed E-state index contributed by atoms with van der Waals surface area (Å²) in [6.45, 7) is 0.973. The van der Waals surface area contributed by atoms with Crippen molar-refractivity contribution in [2.45, 2.75) is 0 Å².